The molecule has 0 N–H and O–H groups in total. The van der Waals surface area contributed by atoms with E-state index in [1.165, 1.54) is 18.2 Å². The quantitative estimate of drug-likeness (QED) is 0.643. The number of halogens is 4. The topological polar surface area (TPSA) is 45.9 Å². The largest absolute Gasteiger partial charge is 0.511 e. The Labute approximate surface area is 117 Å². The smallest absolute Gasteiger partial charge is 0.487 e. The van der Waals surface area contributed by atoms with Gasteiger partial charge in [0.2, 0.25) is 0 Å². The monoisotopic (exact) mass is 295 g/mol. The van der Waals surface area contributed by atoms with Gasteiger partial charge >= 0.3 is 6.98 Å². The SMILES string of the molecule is N#Cc1cccc(COc2cncc([B-](F)(F)F)c2)c1F. The van der Waals surface area contributed by atoms with Crippen LogP contribution in [0.15, 0.2) is 36.7 Å². The van der Waals surface area contributed by atoms with E-state index < -0.39 is 18.3 Å². The predicted octanol–water partition coefficient (Wildman–Crippen LogP) is 2.73. The molecule has 2 aromatic rings. The second-order valence-electron chi connectivity index (χ2n) is 4.21. The molecule has 0 amide bonds. The van der Waals surface area contributed by atoms with Crippen molar-refractivity contribution in [3.05, 3.63) is 53.6 Å². The third-order valence-corrected chi connectivity index (χ3v) is 2.71. The van der Waals surface area contributed by atoms with Gasteiger partial charge in [-0.25, -0.2) is 4.39 Å². The van der Waals surface area contributed by atoms with E-state index in [9.17, 15) is 17.3 Å². The first kappa shape index (κ1) is 14.8. The van der Waals surface area contributed by atoms with Gasteiger partial charge in [0.15, 0.2) is 0 Å². The van der Waals surface area contributed by atoms with E-state index in [0.717, 1.165) is 12.3 Å². The number of benzene rings is 1. The van der Waals surface area contributed by atoms with Crippen molar-refractivity contribution < 1.29 is 22.1 Å². The Kier molecular flexibility index (Phi) is 4.12. The highest BCUT2D eigenvalue weighted by Gasteiger charge is 2.26. The molecule has 0 saturated carbocycles. The van der Waals surface area contributed by atoms with E-state index in [4.69, 9.17) is 10.00 Å². The van der Waals surface area contributed by atoms with Gasteiger partial charge in [-0.15, -0.1) is 0 Å². The number of hydrogen-bond donors (Lipinski definition) is 0. The molecule has 0 bridgehead atoms. The molecule has 0 atom stereocenters. The van der Waals surface area contributed by atoms with Gasteiger partial charge in [0.25, 0.3) is 0 Å². The molecule has 0 fully saturated rings. The fraction of sp³-hybridized carbons (Fsp3) is 0.0769. The van der Waals surface area contributed by atoms with Gasteiger partial charge in [0.05, 0.1) is 11.8 Å². The lowest BCUT2D eigenvalue weighted by atomic mass is 9.81. The summed E-state index contributed by atoms with van der Waals surface area (Å²) in [5, 5.41) is 8.69. The van der Waals surface area contributed by atoms with E-state index in [-0.39, 0.29) is 23.5 Å². The molecule has 1 heterocycles. The van der Waals surface area contributed by atoms with Crippen molar-refractivity contribution in [3.8, 4) is 11.8 Å². The third kappa shape index (κ3) is 3.51. The van der Waals surface area contributed by atoms with Crippen LogP contribution in [0.2, 0.25) is 0 Å². The molecule has 0 saturated heterocycles. The normalized spacial score (nSPS) is 11.0. The standard InChI is InChI=1S/C13H8BF4N2O/c15-13-9(5-19)2-1-3-10(13)8-21-12-4-11(6-20-7-12)14(16,17)18/h1-4,6-7H,8H2/q-1. The highest BCUT2D eigenvalue weighted by molar-refractivity contribution is 6.73. The summed E-state index contributed by atoms with van der Waals surface area (Å²) in [4.78, 5) is 3.44. The first-order chi connectivity index (χ1) is 9.91. The first-order valence-electron chi connectivity index (χ1n) is 5.87. The predicted molar refractivity (Wildman–Crippen MR) is 68.4 cm³/mol. The molecule has 0 radical (unpaired) electrons. The van der Waals surface area contributed by atoms with E-state index >= 15 is 0 Å². The molecule has 1 aromatic heterocycles. The maximum atomic E-state index is 13.7. The molecule has 2 rings (SSSR count). The Hall–Kier alpha value is -2.56. The van der Waals surface area contributed by atoms with Crippen molar-refractivity contribution >= 4 is 12.4 Å². The van der Waals surface area contributed by atoms with E-state index in [1.54, 1.807) is 6.07 Å². The van der Waals surface area contributed by atoms with Crippen molar-refractivity contribution in [1.82, 2.24) is 4.98 Å². The van der Waals surface area contributed by atoms with Crippen LogP contribution in [0.25, 0.3) is 0 Å². The van der Waals surface area contributed by atoms with Crippen molar-refractivity contribution in [2.24, 2.45) is 0 Å². The van der Waals surface area contributed by atoms with Gasteiger partial charge in [-0.05, 0) is 12.1 Å². The molecule has 0 aliphatic rings. The van der Waals surface area contributed by atoms with Gasteiger partial charge in [-0.3, -0.25) is 4.98 Å². The summed E-state index contributed by atoms with van der Waals surface area (Å²) in [5.74, 6) is -0.863. The lowest BCUT2D eigenvalue weighted by Gasteiger charge is -2.15. The van der Waals surface area contributed by atoms with Crippen molar-refractivity contribution in [2.45, 2.75) is 6.61 Å². The summed E-state index contributed by atoms with van der Waals surface area (Å²) in [6.07, 6.45) is 1.81. The maximum Gasteiger partial charge on any atom is 0.511 e. The number of aromatic nitrogens is 1. The fourth-order valence-electron chi connectivity index (χ4n) is 1.63. The zero-order chi connectivity index (χ0) is 15.5. The Bertz CT molecular complexity index is 697. The number of hydrogen-bond acceptors (Lipinski definition) is 3. The molecule has 3 nitrogen and oxygen atoms in total. The Balaban J connectivity index is 2.16. The second kappa shape index (κ2) is 5.83. The lowest BCUT2D eigenvalue weighted by molar-refractivity contribution is 0.298. The summed E-state index contributed by atoms with van der Waals surface area (Å²) in [6, 6.07) is 6.63. The molecule has 21 heavy (non-hydrogen) atoms. The van der Waals surface area contributed by atoms with Crippen molar-refractivity contribution in [2.75, 3.05) is 0 Å². The third-order valence-electron chi connectivity index (χ3n) is 2.71. The van der Waals surface area contributed by atoms with Crippen LogP contribution in [-0.4, -0.2) is 12.0 Å². The van der Waals surface area contributed by atoms with E-state index in [2.05, 4.69) is 4.98 Å². The second-order valence-corrected chi connectivity index (χ2v) is 4.21. The Morgan fingerprint density at radius 1 is 1.24 bits per heavy atom. The van der Waals surface area contributed by atoms with Crippen LogP contribution in [0, 0.1) is 17.1 Å². The van der Waals surface area contributed by atoms with Gasteiger partial charge in [-0.1, -0.05) is 17.6 Å². The molecular weight excluding hydrogens is 287 g/mol. The summed E-state index contributed by atoms with van der Waals surface area (Å²) in [5.41, 5.74) is -0.961. The maximum absolute atomic E-state index is 13.7. The number of nitriles is 1. The average Bonchev–Trinajstić information content (AvgIpc) is 2.45. The number of ether oxygens (including phenoxy) is 1. The number of rotatable bonds is 4. The highest BCUT2D eigenvalue weighted by atomic mass is 19.4. The Morgan fingerprint density at radius 3 is 2.67 bits per heavy atom. The van der Waals surface area contributed by atoms with Crippen LogP contribution in [0.3, 0.4) is 0 Å². The molecule has 0 aliphatic heterocycles. The average molecular weight is 295 g/mol. The summed E-state index contributed by atoms with van der Waals surface area (Å²) >= 11 is 0. The zero-order valence-electron chi connectivity index (χ0n) is 10.6. The lowest BCUT2D eigenvalue weighted by Crippen LogP contribution is -2.34. The summed E-state index contributed by atoms with van der Waals surface area (Å²) < 4.78 is 56.5. The zero-order valence-corrected chi connectivity index (χ0v) is 10.6. The van der Waals surface area contributed by atoms with Gasteiger partial charge in [0, 0.05) is 11.8 Å². The summed E-state index contributed by atoms with van der Waals surface area (Å²) in [7, 11) is 0. The van der Waals surface area contributed by atoms with Gasteiger partial charge in [-0.2, -0.15) is 5.26 Å². The van der Waals surface area contributed by atoms with E-state index in [0.29, 0.717) is 6.20 Å². The minimum atomic E-state index is -5.17. The molecule has 0 aliphatic carbocycles. The molecular formula is C13H8BF4N2O-. The first-order valence-corrected chi connectivity index (χ1v) is 5.87. The van der Waals surface area contributed by atoms with Crippen LogP contribution >= 0.6 is 0 Å². The van der Waals surface area contributed by atoms with Gasteiger partial charge < -0.3 is 17.7 Å². The molecule has 108 valence electrons. The molecule has 0 spiro atoms. The van der Waals surface area contributed by atoms with Crippen molar-refractivity contribution in [3.63, 3.8) is 0 Å². The van der Waals surface area contributed by atoms with Crippen molar-refractivity contribution in [1.29, 1.82) is 5.26 Å². The molecule has 1 aromatic carbocycles. The molecule has 0 unspecified atom stereocenters. The highest BCUT2D eigenvalue weighted by Crippen LogP contribution is 2.17. The minimum Gasteiger partial charge on any atom is -0.487 e. The van der Waals surface area contributed by atoms with E-state index in [1.807, 2.05) is 0 Å². The number of nitrogens with zero attached hydrogens (tertiary/aromatic N) is 2. The van der Waals surface area contributed by atoms with Gasteiger partial charge in [0.1, 0.15) is 24.2 Å². The fourth-order valence-corrected chi connectivity index (χ4v) is 1.63. The van der Waals surface area contributed by atoms with Crippen LogP contribution in [0.1, 0.15) is 11.1 Å². The summed E-state index contributed by atoms with van der Waals surface area (Å²) in [6.45, 7) is -5.47. The van der Waals surface area contributed by atoms with Crippen LogP contribution < -0.4 is 10.2 Å². The van der Waals surface area contributed by atoms with Crippen LogP contribution in [0.5, 0.6) is 5.75 Å². The van der Waals surface area contributed by atoms with Crippen LogP contribution in [-0.2, 0) is 6.61 Å². The Morgan fingerprint density at radius 2 is 2.00 bits per heavy atom. The minimum absolute atomic E-state index is 0.0805. The van der Waals surface area contributed by atoms with Crippen LogP contribution in [0.4, 0.5) is 17.3 Å². The molecule has 8 heteroatoms. The number of pyridine rings is 1.